The summed E-state index contributed by atoms with van der Waals surface area (Å²) in [4.78, 5) is 24.0. The minimum Gasteiger partial charge on any atom is -0.496 e. The molecule has 2 aromatic rings. The number of rotatable bonds is 8. The van der Waals surface area contributed by atoms with Gasteiger partial charge in [-0.2, -0.15) is 5.10 Å². The molecule has 0 saturated carbocycles. The standard InChI is InChI=1S/C19H19Cl2N3O5/c1-27-15-8-17(29-3)16(28-2)7-12(15)9-23-24-18(25)10-22-19(26)11-4-5-13(20)14(21)6-11/h4-9H,10H2,1-3H3,(H,22,26)(H,24,25). The number of ether oxygens (including phenoxy) is 3. The SMILES string of the molecule is COc1cc(OC)c(OC)cc1C=NNC(=O)CNC(=O)c1ccc(Cl)c(Cl)c1. The molecule has 2 aromatic carbocycles. The van der Waals surface area contributed by atoms with E-state index in [4.69, 9.17) is 37.4 Å². The Morgan fingerprint density at radius 2 is 1.62 bits per heavy atom. The first-order valence-electron chi connectivity index (χ1n) is 8.24. The van der Waals surface area contributed by atoms with Crippen LogP contribution in [0.4, 0.5) is 0 Å². The second-order valence-electron chi connectivity index (χ2n) is 5.55. The van der Waals surface area contributed by atoms with Crippen LogP contribution in [0.5, 0.6) is 17.2 Å². The predicted molar refractivity (Wildman–Crippen MR) is 111 cm³/mol. The third-order valence-electron chi connectivity index (χ3n) is 3.72. The van der Waals surface area contributed by atoms with Crippen molar-refractivity contribution in [3.63, 3.8) is 0 Å². The Hall–Kier alpha value is -2.97. The van der Waals surface area contributed by atoms with E-state index < -0.39 is 11.8 Å². The van der Waals surface area contributed by atoms with Crippen molar-refractivity contribution < 1.29 is 23.8 Å². The van der Waals surface area contributed by atoms with Gasteiger partial charge in [-0.25, -0.2) is 5.43 Å². The van der Waals surface area contributed by atoms with Gasteiger partial charge in [0.2, 0.25) is 0 Å². The van der Waals surface area contributed by atoms with Gasteiger partial charge in [0.05, 0.1) is 44.1 Å². The molecule has 0 aliphatic heterocycles. The Bertz CT molecular complexity index is 934. The number of hydrazone groups is 1. The van der Waals surface area contributed by atoms with Crippen LogP contribution in [0.15, 0.2) is 35.4 Å². The van der Waals surface area contributed by atoms with Gasteiger partial charge in [0.15, 0.2) is 11.5 Å². The minimum absolute atomic E-state index is 0.247. The lowest BCUT2D eigenvalue weighted by molar-refractivity contribution is -0.120. The molecule has 2 rings (SSSR count). The summed E-state index contributed by atoms with van der Waals surface area (Å²) < 4.78 is 15.7. The van der Waals surface area contributed by atoms with Crippen LogP contribution in [0.1, 0.15) is 15.9 Å². The Morgan fingerprint density at radius 3 is 2.24 bits per heavy atom. The minimum atomic E-state index is -0.519. The largest absolute Gasteiger partial charge is 0.496 e. The molecule has 154 valence electrons. The number of benzene rings is 2. The molecule has 0 aliphatic rings. The van der Waals surface area contributed by atoms with E-state index >= 15 is 0 Å². The van der Waals surface area contributed by atoms with Crippen molar-refractivity contribution >= 4 is 41.2 Å². The number of hydrogen-bond donors (Lipinski definition) is 2. The molecule has 0 spiro atoms. The zero-order valence-corrected chi connectivity index (χ0v) is 17.4. The van der Waals surface area contributed by atoms with Crippen LogP contribution in [0, 0.1) is 0 Å². The number of nitrogens with one attached hydrogen (secondary N) is 2. The Labute approximate surface area is 177 Å². The molecule has 0 aliphatic carbocycles. The maximum atomic E-state index is 12.0. The molecule has 0 radical (unpaired) electrons. The van der Waals surface area contributed by atoms with Crippen LogP contribution in [0.3, 0.4) is 0 Å². The van der Waals surface area contributed by atoms with E-state index in [0.29, 0.717) is 27.8 Å². The molecule has 0 heterocycles. The molecular weight excluding hydrogens is 421 g/mol. The quantitative estimate of drug-likeness (QED) is 0.486. The normalized spacial score (nSPS) is 10.5. The van der Waals surface area contributed by atoms with Crippen LogP contribution in [-0.2, 0) is 4.79 Å². The maximum absolute atomic E-state index is 12.0. The number of carbonyl (C=O) groups is 2. The van der Waals surface area contributed by atoms with E-state index in [-0.39, 0.29) is 17.1 Å². The third kappa shape index (κ3) is 6.00. The van der Waals surface area contributed by atoms with Crippen molar-refractivity contribution in [2.75, 3.05) is 27.9 Å². The van der Waals surface area contributed by atoms with E-state index in [1.54, 1.807) is 12.1 Å². The number of amides is 2. The zero-order valence-electron chi connectivity index (χ0n) is 15.9. The van der Waals surface area contributed by atoms with Gasteiger partial charge in [-0.1, -0.05) is 23.2 Å². The summed E-state index contributed by atoms with van der Waals surface area (Å²) in [6.07, 6.45) is 1.39. The first-order valence-corrected chi connectivity index (χ1v) is 9.00. The lowest BCUT2D eigenvalue weighted by Gasteiger charge is -2.11. The summed E-state index contributed by atoms with van der Waals surface area (Å²) in [6.45, 7) is -0.278. The lowest BCUT2D eigenvalue weighted by Crippen LogP contribution is -2.34. The summed E-state index contributed by atoms with van der Waals surface area (Å²) >= 11 is 11.7. The highest BCUT2D eigenvalue weighted by Gasteiger charge is 2.11. The average molecular weight is 440 g/mol. The van der Waals surface area contributed by atoms with Crippen LogP contribution in [-0.4, -0.2) is 45.9 Å². The number of hydrogen-bond acceptors (Lipinski definition) is 6. The van der Waals surface area contributed by atoms with Gasteiger partial charge >= 0.3 is 0 Å². The molecule has 0 fully saturated rings. The Balaban J connectivity index is 1.95. The Morgan fingerprint density at radius 1 is 0.966 bits per heavy atom. The lowest BCUT2D eigenvalue weighted by atomic mass is 10.2. The molecule has 0 aromatic heterocycles. The van der Waals surface area contributed by atoms with E-state index in [9.17, 15) is 9.59 Å². The highest BCUT2D eigenvalue weighted by Crippen LogP contribution is 2.33. The molecule has 0 saturated heterocycles. The smallest absolute Gasteiger partial charge is 0.259 e. The molecular formula is C19H19Cl2N3O5. The van der Waals surface area contributed by atoms with Gasteiger partial charge in [-0.15, -0.1) is 0 Å². The summed E-state index contributed by atoms with van der Waals surface area (Å²) in [5.41, 5.74) is 3.16. The second kappa shape index (κ2) is 10.5. The fourth-order valence-corrected chi connectivity index (χ4v) is 2.57. The van der Waals surface area contributed by atoms with E-state index in [1.165, 1.54) is 45.7 Å². The predicted octanol–water partition coefficient (Wildman–Crippen LogP) is 2.90. The van der Waals surface area contributed by atoms with Gasteiger partial charge in [0.1, 0.15) is 5.75 Å². The van der Waals surface area contributed by atoms with Crippen molar-refractivity contribution in [2.45, 2.75) is 0 Å². The fraction of sp³-hybridized carbons (Fsp3) is 0.211. The Kier molecular flexibility index (Phi) is 8.11. The van der Waals surface area contributed by atoms with Crippen molar-refractivity contribution in [1.29, 1.82) is 0 Å². The van der Waals surface area contributed by atoms with Gasteiger partial charge in [0, 0.05) is 17.2 Å². The monoisotopic (exact) mass is 439 g/mol. The molecule has 2 amide bonds. The van der Waals surface area contributed by atoms with Crippen molar-refractivity contribution in [1.82, 2.24) is 10.7 Å². The van der Waals surface area contributed by atoms with Crippen LogP contribution in [0.25, 0.3) is 0 Å². The van der Waals surface area contributed by atoms with Gasteiger partial charge < -0.3 is 19.5 Å². The molecule has 0 atom stereocenters. The topological polar surface area (TPSA) is 98.2 Å². The third-order valence-corrected chi connectivity index (χ3v) is 4.46. The number of halogens is 2. The summed E-state index contributed by atoms with van der Waals surface area (Å²) in [5.74, 6) is 0.470. The zero-order chi connectivity index (χ0) is 21.4. The molecule has 0 unspecified atom stereocenters. The van der Waals surface area contributed by atoms with E-state index in [0.717, 1.165) is 0 Å². The molecule has 0 bridgehead atoms. The van der Waals surface area contributed by atoms with Gasteiger partial charge in [-0.05, 0) is 24.3 Å². The fourth-order valence-electron chi connectivity index (χ4n) is 2.27. The summed E-state index contributed by atoms with van der Waals surface area (Å²) in [5, 5.41) is 6.91. The van der Waals surface area contributed by atoms with Crippen LogP contribution < -0.4 is 25.0 Å². The molecule has 10 heteroatoms. The van der Waals surface area contributed by atoms with E-state index in [1.807, 2.05) is 0 Å². The molecule has 29 heavy (non-hydrogen) atoms. The van der Waals surface area contributed by atoms with Crippen molar-refractivity contribution in [2.24, 2.45) is 5.10 Å². The molecule has 8 nitrogen and oxygen atoms in total. The highest BCUT2D eigenvalue weighted by molar-refractivity contribution is 6.42. The highest BCUT2D eigenvalue weighted by atomic mass is 35.5. The second-order valence-corrected chi connectivity index (χ2v) is 6.37. The first-order chi connectivity index (χ1) is 13.9. The first kappa shape index (κ1) is 22.3. The number of methoxy groups -OCH3 is 3. The van der Waals surface area contributed by atoms with Crippen molar-refractivity contribution in [3.05, 3.63) is 51.5 Å². The van der Waals surface area contributed by atoms with E-state index in [2.05, 4.69) is 15.8 Å². The van der Waals surface area contributed by atoms with Gasteiger partial charge in [0.25, 0.3) is 11.8 Å². The van der Waals surface area contributed by atoms with Crippen molar-refractivity contribution in [3.8, 4) is 17.2 Å². The summed E-state index contributed by atoms with van der Waals surface area (Å²) in [6, 6.07) is 7.71. The van der Waals surface area contributed by atoms with Gasteiger partial charge in [-0.3, -0.25) is 9.59 Å². The summed E-state index contributed by atoms with van der Waals surface area (Å²) in [7, 11) is 4.51. The average Bonchev–Trinajstić information content (AvgIpc) is 2.73. The van der Waals surface area contributed by atoms with Crippen LogP contribution in [0.2, 0.25) is 10.0 Å². The number of carbonyl (C=O) groups excluding carboxylic acids is 2. The maximum Gasteiger partial charge on any atom is 0.259 e. The van der Waals surface area contributed by atoms with Crippen LogP contribution >= 0.6 is 23.2 Å². The number of nitrogens with zero attached hydrogens (tertiary/aromatic N) is 1. The molecule has 2 N–H and O–H groups in total.